The highest BCUT2D eigenvalue weighted by Gasteiger charge is 2.26. The summed E-state index contributed by atoms with van der Waals surface area (Å²) in [5, 5.41) is 4.33. The van der Waals surface area contributed by atoms with Crippen LogP contribution in [0.1, 0.15) is 15.9 Å². The Bertz CT molecular complexity index is 1110. The van der Waals surface area contributed by atoms with Gasteiger partial charge in [0.15, 0.2) is 0 Å². The predicted octanol–water partition coefficient (Wildman–Crippen LogP) is 5.48. The minimum Gasteiger partial charge on any atom is -0.496 e. The van der Waals surface area contributed by atoms with E-state index in [9.17, 15) is 4.79 Å². The van der Waals surface area contributed by atoms with Crippen molar-refractivity contribution in [3.63, 3.8) is 0 Å². The largest absolute Gasteiger partial charge is 0.496 e. The molecule has 3 aromatic rings. The molecule has 3 aromatic carbocycles. The van der Waals surface area contributed by atoms with Crippen LogP contribution in [0.5, 0.6) is 5.75 Å². The van der Waals surface area contributed by atoms with Crippen LogP contribution in [0.15, 0.2) is 41.3 Å². The number of thioether (sulfide) groups is 1. The van der Waals surface area contributed by atoms with Crippen molar-refractivity contribution in [3.05, 3.63) is 47.5 Å². The van der Waals surface area contributed by atoms with Crippen molar-refractivity contribution in [1.82, 2.24) is 0 Å². The zero-order chi connectivity index (χ0) is 17.8. The number of methoxy groups -OCH3 is 1. The molecule has 0 aromatic heterocycles. The van der Waals surface area contributed by atoms with E-state index in [1.807, 2.05) is 12.1 Å². The second-order valence-electron chi connectivity index (χ2n) is 7.27. The number of benzene rings is 3. The molecule has 4 heteroatoms. The van der Waals surface area contributed by atoms with E-state index in [0.29, 0.717) is 0 Å². The van der Waals surface area contributed by atoms with Gasteiger partial charge in [0.25, 0.3) is 0 Å². The summed E-state index contributed by atoms with van der Waals surface area (Å²) in [5.74, 6) is 4.13. The van der Waals surface area contributed by atoms with E-state index in [1.165, 1.54) is 11.8 Å². The van der Waals surface area contributed by atoms with Crippen LogP contribution in [0.4, 0.5) is 0 Å². The quantitative estimate of drug-likeness (QED) is 0.326. The first-order valence-corrected chi connectivity index (χ1v) is 12.5. The molecule has 0 aliphatic carbocycles. The Morgan fingerprint density at radius 3 is 2.56 bits per heavy atom. The van der Waals surface area contributed by atoms with E-state index in [0.717, 1.165) is 43.3 Å². The topological polar surface area (TPSA) is 26.3 Å². The van der Waals surface area contributed by atoms with Crippen molar-refractivity contribution in [1.29, 1.82) is 0 Å². The normalized spacial score (nSPS) is 13.2. The number of hydrogen-bond acceptors (Lipinski definition) is 3. The predicted molar refractivity (Wildman–Crippen MR) is 108 cm³/mol. The Labute approximate surface area is 152 Å². The minimum atomic E-state index is -1.42. The van der Waals surface area contributed by atoms with Crippen LogP contribution in [-0.2, 0) is 0 Å². The van der Waals surface area contributed by atoms with Gasteiger partial charge in [-0.25, -0.2) is 0 Å². The lowest BCUT2D eigenvalue weighted by atomic mass is 9.98. The van der Waals surface area contributed by atoms with Crippen LogP contribution < -0.4 is 4.74 Å². The van der Waals surface area contributed by atoms with Crippen molar-refractivity contribution >= 4 is 46.5 Å². The van der Waals surface area contributed by atoms with Gasteiger partial charge in [0.2, 0.25) is 5.12 Å². The number of rotatable bonds is 1. The maximum atomic E-state index is 12.4. The second-order valence-corrected chi connectivity index (χ2v) is 13.0. The fourth-order valence-electron chi connectivity index (χ4n) is 3.10. The number of ether oxygens (including phenoxy) is 1. The average molecular weight is 363 g/mol. The number of carbonyl (C=O) groups excluding carboxylic acids is 1. The van der Waals surface area contributed by atoms with Crippen molar-refractivity contribution in [2.75, 3.05) is 7.11 Å². The summed E-state index contributed by atoms with van der Waals surface area (Å²) in [6.07, 6.45) is 0. The molecule has 2 nitrogen and oxygen atoms in total. The second kappa shape index (κ2) is 5.65. The number of carbonyl (C=O) groups is 1. The van der Waals surface area contributed by atoms with Crippen LogP contribution in [0.2, 0.25) is 19.6 Å². The first-order chi connectivity index (χ1) is 11.9. The van der Waals surface area contributed by atoms with Crippen LogP contribution in [-0.4, -0.2) is 20.3 Å². The lowest BCUT2D eigenvalue weighted by Crippen LogP contribution is -2.16. The highest BCUT2D eigenvalue weighted by Crippen LogP contribution is 2.47. The van der Waals surface area contributed by atoms with E-state index in [2.05, 4.69) is 55.4 Å². The molecule has 0 atom stereocenters. The average Bonchev–Trinajstić information content (AvgIpc) is 2.91. The fourth-order valence-corrected chi connectivity index (χ4v) is 4.69. The smallest absolute Gasteiger partial charge is 0.224 e. The van der Waals surface area contributed by atoms with E-state index < -0.39 is 8.07 Å². The third kappa shape index (κ3) is 2.74. The molecule has 0 radical (unpaired) electrons. The summed E-state index contributed by atoms with van der Waals surface area (Å²) >= 11 is 1.32. The Balaban J connectivity index is 2.03. The van der Waals surface area contributed by atoms with Crippen LogP contribution >= 0.6 is 11.8 Å². The standard InChI is InChI=1S/C21H18O2SSi/c1-23-18-8-7-15-19-17(18)12-14-6-5-13(9-10-25(2,3)4)11-16(14)20(19)24-21(15)22/h5-8,11-12H,1-4H3. The highest BCUT2D eigenvalue weighted by molar-refractivity contribution is 8.15. The molecule has 25 heavy (non-hydrogen) atoms. The third-order valence-electron chi connectivity index (χ3n) is 4.25. The summed E-state index contributed by atoms with van der Waals surface area (Å²) in [7, 11) is 0.244. The highest BCUT2D eigenvalue weighted by atomic mass is 32.2. The van der Waals surface area contributed by atoms with Gasteiger partial charge in [-0.15, -0.1) is 5.54 Å². The van der Waals surface area contributed by atoms with Gasteiger partial charge in [0, 0.05) is 26.8 Å². The molecule has 0 saturated carbocycles. The Hall–Kier alpha value is -2.22. The summed E-state index contributed by atoms with van der Waals surface area (Å²) in [4.78, 5) is 13.5. The molecule has 0 unspecified atom stereocenters. The van der Waals surface area contributed by atoms with Crippen molar-refractivity contribution < 1.29 is 9.53 Å². The molecule has 124 valence electrons. The van der Waals surface area contributed by atoms with E-state index in [-0.39, 0.29) is 5.12 Å². The van der Waals surface area contributed by atoms with Crippen molar-refractivity contribution in [3.8, 4) is 17.2 Å². The van der Waals surface area contributed by atoms with Gasteiger partial charge in [0.1, 0.15) is 13.8 Å². The molecule has 0 spiro atoms. The van der Waals surface area contributed by atoms with Gasteiger partial charge < -0.3 is 4.74 Å². The molecule has 0 fully saturated rings. The molecule has 0 bridgehead atoms. The van der Waals surface area contributed by atoms with Gasteiger partial charge in [-0.1, -0.05) is 31.6 Å². The van der Waals surface area contributed by atoms with Crippen LogP contribution in [0, 0.1) is 11.5 Å². The van der Waals surface area contributed by atoms with Crippen LogP contribution in [0.25, 0.3) is 21.5 Å². The van der Waals surface area contributed by atoms with E-state index in [1.54, 1.807) is 7.11 Å². The zero-order valence-electron chi connectivity index (χ0n) is 14.7. The summed E-state index contributed by atoms with van der Waals surface area (Å²) in [6, 6.07) is 12.1. The van der Waals surface area contributed by atoms with Gasteiger partial charge in [-0.3, -0.25) is 4.79 Å². The Morgan fingerprint density at radius 2 is 1.84 bits per heavy atom. The van der Waals surface area contributed by atoms with E-state index >= 15 is 0 Å². The van der Waals surface area contributed by atoms with E-state index in [4.69, 9.17) is 4.74 Å². The van der Waals surface area contributed by atoms with Crippen LogP contribution in [0.3, 0.4) is 0 Å². The first-order valence-electron chi connectivity index (χ1n) is 8.20. The SMILES string of the molecule is COc1ccc2c3c(c4cc(C#C[Si](C)(C)C)ccc4cc13)SC2=O. The number of fused-ring (bicyclic) bond motifs is 2. The van der Waals surface area contributed by atoms with Gasteiger partial charge >= 0.3 is 0 Å². The van der Waals surface area contributed by atoms with Crippen molar-refractivity contribution in [2.24, 2.45) is 0 Å². The maximum absolute atomic E-state index is 12.4. The fraction of sp³-hybridized carbons (Fsp3) is 0.190. The molecule has 1 heterocycles. The molecule has 0 saturated heterocycles. The molecular weight excluding hydrogens is 344 g/mol. The molecule has 0 amide bonds. The molecule has 1 aliphatic rings. The van der Waals surface area contributed by atoms with Gasteiger partial charge in [-0.05, 0) is 52.9 Å². The van der Waals surface area contributed by atoms with Gasteiger partial charge in [0.05, 0.1) is 7.11 Å². The maximum Gasteiger partial charge on any atom is 0.224 e. The first kappa shape index (κ1) is 16.3. The summed E-state index contributed by atoms with van der Waals surface area (Å²) < 4.78 is 5.51. The lowest BCUT2D eigenvalue weighted by molar-refractivity contribution is 0.109. The Morgan fingerprint density at radius 1 is 1.04 bits per heavy atom. The lowest BCUT2D eigenvalue weighted by Gasteiger charge is -2.10. The molecule has 0 N–H and O–H groups in total. The molecular formula is C21H18O2SSi. The van der Waals surface area contributed by atoms with Crippen molar-refractivity contribution in [2.45, 2.75) is 24.5 Å². The summed E-state index contributed by atoms with van der Waals surface area (Å²) in [5.41, 5.74) is 5.20. The minimum absolute atomic E-state index is 0.105. The zero-order valence-corrected chi connectivity index (χ0v) is 16.5. The third-order valence-corrected chi connectivity index (χ3v) is 6.16. The summed E-state index contributed by atoms with van der Waals surface area (Å²) in [6.45, 7) is 6.71. The Kier molecular flexibility index (Phi) is 3.68. The van der Waals surface area contributed by atoms with Gasteiger partial charge in [-0.2, -0.15) is 0 Å². The number of hydrogen-bond donors (Lipinski definition) is 0. The molecule has 1 aliphatic heterocycles. The monoisotopic (exact) mass is 362 g/mol. The molecule has 4 rings (SSSR count).